The molecular weight excluding hydrogens is 266 g/mol. The summed E-state index contributed by atoms with van der Waals surface area (Å²) >= 11 is 0. The van der Waals surface area contributed by atoms with E-state index in [0.717, 1.165) is 25.9 Å². The topological polar surface area (TPSA) is 38.8 Å². The van der Waals surface area contributed by atoms with Crippen LogP contribution >= 0.6 is 0 Å². The summed E-state index contributed by atoms with van der Waals surface area (Å²) < 4.78 is 11.1. The Bertz CT molecular complexity index is 465. The smallest absolute Gasteiger partial charge is 0.253 e. The molecule has 0 aromatic heterocycles. The van der Waals surface area contributed by atoms with Gasteiger partial charge in [-0.2, -0.15) is 0 Å². The number of ether oxygens (including phenoxy) is 2. The molecule has 1 aromatic carbocycles. The van der Waals surface area contributed by atoms with E-state index in [-0.39, 0.29) is 5.91 Å². The molecule has 0 spiro atoms. The molecule has 0 radical (unpaired) electrons. The van der Waals surface area contributed by atoms with Crippen LogP contribution in [-0.4, -0.2) is 37.1 Å². The van der Waals surface area contributed by atoms with Crippen LogP contribution in [0.3, 0.4) is 0 Å². The van der Waals surface area contributed by atoms with Gasteiger partial charge in [0.05, 0.1) is 13.2 Å². The summed E-state index contributed by atoms with van der Waals surface area (Å²) in [5.74, 6) is 1.45. The Morgan fingerprint density at radius 3 is 2.24 bits per heavy atom. The van der Waals surface area contributed by atoms with Gasteiger partial charge in [0.2, 0.25) is 0 Å². The number of nitrogens with zero attached hydrogens (tertiary/aromatic N) is 1. The molecule has 0 bridgehead atoms. The Morgan fingerprint density at radius 2 is 1.62 bits per heavy atom. The van der Waals surface area contributed by atoms with Crippen LogP contribution in [0.1, 0.15) is 49.9 Å². The zero-order chi connectivity index (χ0) is 15.1. The zero-order valence-electron chi connectivity index (χ0n) is 13.1. The minimum absolute atomic E-state index is 0.0981. The van der Waals surface area contributed by atoms with Gasteiger partial charge in [-0.15, -0.1) is 0 Å². The third kappa shape index (κ3) is 4.13. The predicted molar refractivity (Wildman–Crippen MR) is 83.2 cm³/mol. The standard InChI is InChI=1S/C17H25NO3/c1-3-20-15-10-9-14(13-16(15)21-4-2)17(19)18-11-7-5-6-8-12-18/h9-10,13H,3-8,11-12H2,1-2H3. The van der Waals surface area contributed by atoms with Crippen LogP contribution in [0.4, 0.5) is 0 Å². The molecule has 2 rings (SSSR count). The number of benzene rings is 1. The molecule has 1 aliphatic heterocycles. The highest BCUT2D eigenvalue weighted by Crippen LogP contribution is 2.29. The van der Waals surface area contributed by atoms with Gasteiger partial charge in [-0.1, -0.05) is 12.8 Å². The molecule has 0 aliphatic carbocycles. The number of hydrogen-bond donors (Lipinski definition) is 0. The van der Waals surface area contributed by atoms with Crippen LogP contribution in [0.25, 0.3) is 0 Å². The molecule has 1 amide bonds. The normalized spacial score (nSPS) is 15.4. The van der Waals surface area contributed by atoms with Crippen molar-refractivity contribution in [3.05, 3.63) is 23.8 Å². The summed E-state index contributed by atoms with van der Waals surface area (Å²) in [6, 6.07) is 5.47. The van der Waals surface area contributed by atoms with E-state index in [2.05, 4.69) is 0 Å². The molecule has 0 atom stereocenters. The van der Waals surface area contributed by atoms with Crippen molar-refractivity contribution in [2.45, 2.75) is 39.5 Å². The second-order valence-electron chi connectivity index (χ2n) is 5.23. The highest BCUT2D eigenvalue weighted by molar-refractivity contribution is 5.95. The molecule has 4 nitrogen and oxygen atoms in total. The largest absolute Gasteiger partial charge is 0.490 e. The first kappa shape index (κ1) is 15.7. The van der Waals surface area contributed by atoms with Gasteiger partial charge in [-0.3, -0.25) is 4.79 Å². The summed E-state index contributed by atoms with van der Waals surface area (Å²) in [5.41, 5.74) is 0.684. The highest BCUT2D eigenvalue weighted by atomic mass is 16.5. The molecule has 0 unspecified atom stereocenters. The van der Waals surface area contributed by atoms with E-state index < -0.39 is 0 Å². The van der Waals surface area contributed by atoms with E-state index in [1.165, 1.54) is 12.8 Å². The highest BCUT2D eigenvalue weighted by Gasteiger charge is 2.19. The summed E-state index contributed by atoms with van der Waals surface area (Å²) in [6.45, 7) is 6.72. The SMILES string of the molecule is CCOc1ccc(C(=O)N2CCCCCC2)cc1OCC. The number of hydrogen-bond acceptors (Lipinski definition) is 3. The maximum Gasteiger partial charge on any atom is 0.253 e. The summed E-state index contributed by atoms with van der Waals surface area (Å²) in [5, 5.41) is 0. The average Bonchev–Trinajstić information content (AvgIpc) is 2.78. The maximum absolute atomic E-state index is 12.6. The van der Waals surface area contributed by atoms with Crippen molar-refractivity contribution in [3.8, 4) is 11.5 Å². The molecule has 0 saturated carbocycles. The Labute approximate surface area is 127 Å². The van der Waals surface area contributed by atoms with Crippen LogP contribution < -0.4 is 9.47 Å². The van der Waals surface area contributed by atoms with Gasteiger partial charge >= 0.3 is 0 Å². The molecule has 116 valence electrons. The van der Waals surface area contributed by atoms with Gasteiger partial charge in [-0.05, 0) is 44.9 Å². The molecule has 0 N–H and O–H groups in total. The fourth-order valence-electron chi connectivity index (χ4n) is 2.64. The lowest BCUT2D eigenvalue weighted by molar-refractivity contribution is 0.0761. The van der Waals surface area contributed by atoms with Crippen molar-refractivity contribution < 1.29 is 14.3 Å². The lowest BCUT2D eigenvalue weighted by Crippen LogP contribution is -2.31. The molecule has 1 saturated heterocycles. The van der Waals surface area contributed by atoms with Crippen molar-refractivity contribution in [1.82, 2.24) is 4.90 Å². The van der Waals surface area contributed by atoms with E-state index >= 15 is 0 Å². The van der Waals surface area contributed by atoms with Gasteiger partial charge < -0.3 is 14.4 Å². The minimum atomic E-state index is 0.0981. The van der Waals surface area contributed by atoms with Crippen molar-refractivity contribution in [3.63, 3.8) is 0 Å². The van der Waals surface area contributed by atoms with Gasteiger partial charge in [0.15, 0.2) is 11.5 Å². The number of likely N-dealkylation sites (tertiary alicyclic amines) is 1. The fraction of sp³-hybridized carbons (Fsp3) is 0.588. The van der Waals surface area contributed by atoms with Crippen molar-refractivity contribution in [1.29, 1.82) is 0 Å². The lowest BCUT2D eigenvalue weighted by atomic mass is 10.1. The Balaban J connectivity index is 2.17. The quantitative estimate of drug-likeness (QED) is 0.833. The fourth-order valence-corrected chi connectivity index (χ4v) is 2.64. The average molecular weight is 291 g/mol. The molecule has 21 heavy (non-hydrogen) atoms. The van der Waals surface area contributed by atoms with E-state index in [1.54, 1.807) is 0 Å². The number of carbonyl (C=O) groups excluding carboxylic acids is 1. The molecule has 1 aromatic rings. The Morgan fingerprint density at radius 1 is 1.00 bits per heavy atom. The van der Waals surface area contributed by atoms with Crippen LogP contribution in [-0.2, 0) is 0 Å². The molecular formula is C17H25NO3. The van der Waals surface area contributed by atoms with Crippen molar-refractivity contribution >= 4 is 5.91 Å². The Kier molecular flexibility index (Phi) is 5.90. The van der Waals surface area contributed by atoms with Crippen LogP contribution in [0.5, 0.6) is 11.5 Å². The maximum atomic E-state index is 12.6. The third-order valence-electron chi connectivity index (χ3n) is 3.68. The van der Waals surface area contributed by atoms with Crippen LogP contribution in [0, 0.1) is 0 Å². The van der Waals surface area contributed by atoms with Crippen LogP contribution in [0.2, 0.25) is 0 Å². The number of rotatable bonds is 5. The van der Waals surface area contributed by atoms with E-state index in [1.807, 2.05) is 36.9 Å². The van der Waals surface area contributed by atoms with E-state index in [9.17, 15) is 4.79 Å². The van der Waals surface area contributed by atoms with Gasteiger partial charge in [0.1, 0.15) is 0 Å². The predicted octanol–water partition coefficient (Wildman–Crippen LogP) is 3.50. The first-order chi connectivity index (χ1) is 10.3. The summed E-state index contributed by atoms with van der Waals surface area (Å²) in [4.78, 5) is 14.6. The lowest BCUT2D eigenvalue weighted by Gasteiger charge is -2.21. The zero-order valence-corrected chi connectivity index (χ0v) is 13.1. The van der Waals surface area contributed by atoms with Crippen molar-refractivity contribution in [2.75, 3.05) is 26.3 Å². The summed E-state index contributed by atoms with van der Waals surface area (Å²) in [6.07, 6.45) is 4.64. The molecule has 1 heterocycles. The van der Waals surface area contributed by atoms with E-state index in [4.69, 9.17) is 9.47 Å². The second-order valence-corrected chi connectivity index (χ2v) is 5.23. The van der Waals surface area contributed by atoms with Crippen molar-refractivity contribution in [2.24, 2.45) is 0 Å². The third-order valence-corrected chi connectivity index (χ3v) is 3.68. The first-order valence-electron chi connectivity index (χ1n) is 7.95. The van der Waals surface area contributed by atoms with Gasteiger partial charge in [0.25, 0.3) is 5.91 Å². The van der Waals surface area contributed by atoms with E-state index in [0.29, 0.717) is 30.3 Å². The monoisotopic (exact) mass is 291 g/mol. The minimum Gasteiger partial charge on any atom is -0.490 e. The second kappa shape index (κ2) is 7.91. The van der Waals surface area contributed by atoms with Crippen LogP contribution in [0.15, 0.2) is 18.2 Å². The number of amides is 1. The first-order valence-corrected chi connectivity index (χ1v) is 7.95. The summed E-state index contributed by atoms with van der Waals surface area (Å²) in [7, 11) is 0. The number of carbonyl (C=O) groups is 1. The van der Waals surface area contributed by atoms with Gasteiger partial charge in [0, 0.05) is 18.7 Å². The molecule has 1 aliphatic rings. The molecule has 4 heteroatoms. The Hall–Kier alpha value is -1.71. The van der Waals surface area contributed by atoms with Gasteiger partial charge in [-0.25, -0.2) is 0 Å². The molecule has 1 fully saturated rings.